The van der Waals surface area contributed by atoms with Crippen LogP contribution in [-0.2, 0) is 23.8 Å². The molecule has 0 N–H and O–H groups in total. The highest BCUT2D eigenvalue weighted by molar-refractivity contribution is 5.70. The van der Waals surface area contributed by atoms with Gasteiger partial charge in [0.1, 0.15) is 6.61 Å². The van der Waals surface area contributed by atoms with Crippen LogP contribution in [0.15, 0.2) is 72.9 Å². The summed E-state index contributed by atoms with van der Waals surface area (Å²) >= 11 is 0. The Morgan fingerprint density at radius 3 is 1.31 bits per heavy atom. The van der Waals surface area contributed by atoms with Crippen molar-refractivity contribution in [2.24, 2.45) is 0 Å². The van der Waals surface area contributed by atoms with Crippen LogP contribution in [0.4, 0.5) is 0 Å². The van der Waals surface area contributed by atoms with Crippen LogP contribution in [0.2, 0.25) is 0 Å². The fourth-order valence-electron chi connectivity index (χ4n) is 6.59. The lowest BCUT2D eigenvalue weighted by Crippen LogP contribution is -2.30. The van der Waals surface area contributed by atoms with Gasteiger partial charge in [0.15, 0.2) is 6.10 Å². The molecule has 0 fully saturated rings. The molecule has 0 aromatic rings. The smallest absolute Gasteiger partial charge is 0.306 e. The van der Waals surface area contributed by atoms with Gasteiger partial charge in [-0.1, -0.05) is 196 Å². The van der Waals surface area contributed by atoms with E-state index in [1.165, 1.54) is 103 Å². The Kier molecular flexibility index (Phi) is 46.5. The Morgan fingerprint density at radius 2 is 0.776 bits per heavy atom. The predicted molar refractivity (Wildman–Crippen MR) is 251 cm³/mol. The molecule has 0 aromatic carbocycles. The molecule has 0 saturated carbocycles. The second-order valence-electron chi connectivity index (χ2n) is 16.0. The predicted octanol–water partition coefficient (Wildman–Crippen LogP) is 16.3. The van der Waals surface area contributed by atoms with Gasteiger partial charge >= 0.3 is 11.9 Å². The summed E-state index contributed by atoms with van der Waals surface area (Å²) in [4.78, 5) is 25.3. The minimum absolute atomic E-state index is 0.0576. The Hall–Kier alpha value is -2.66. The quantitative estimate of drug-likeness (QED) is 0.0348. The summed E-state index contributed by atoms with van der Waals surface area (Å²) in [7, 11) is 0. The number of carbonyl (C=O) groups is 2. The van der Waals surface area contributed by atoms with E-state index >= 15 is 0 Å². The third-order valence-corrected chi connectivity index (χ3v) is 10.2. The maximum absolute atomic E-state index is 12.8. The second-order valence-corrected chi connectivity index (χ2v) is 16.0. The van der Waals surface area contributed by atoms with Crippen LogP contribution in [0.1, 0.15) is 226 Å². The average molecular weight is 809 g/mol. The Labute approximate surface area is 359 Å². The monoisotopic (exact) mass is 809 g/mol. The molecule has 0 aliphatic heterocycles. The highest BCUT2D eigenvalue weighted by Gasteiger charge is 2.17. The van der Waals surface area contributed by atoms with Gasteiger partial charge in [0.2, 0.25) is 0 Å². The van der Waals surface area contributed by atoms with Crippen molar-refractivity contribution < 1.29 is 23.8 Å². The van der Waals surface area contributed by atoms with Gasteiger partial charge in [-0.15, -0.1) is 0 Å². The van der Waals surface area contributed by atoms with Gasteiger partial charge < -0.3 is 14.2 Å². The van der Waals surface area contributed by atoms with Crippen molar-refractivity contribution in [2.75, 3.05) is 19.8 Å². The van der Waals surface area contributed by atoms with Crippen molar-refractivity contribution in [2.45, 2.75) is 232 Å². The van der Waals surface area contributed by atoms with Gasteiger partial charge in [-0.3, -0.25) is 9.59 Å². The fourth-order valence-corrected chi connectivity index (χ4v) is 6.59. The van der Waals surface area contributed by atoms with Crippen LogP contribution in [0.3, 0.4) is 0 Å². The molecule has 5 nitrogen and oxygen atoms in total. The first-order valence-corrected chi connectivity index (χ1v) is 24.5. The molecule has 0 aliphatic rings. The molecule has 0 bridgehead atoms. The molecule has 0 spiro atoms. The van der Waals surface area contributed by atoms with E-state index in [2.05, 4.69) is 93.7 Å². The third-order valence-electron chi connectivity index (χ3n) is 10.2. The summed E-state index contributed by atoms with van der Waals surface area (Å²) in [5, 5.41) is 0. The number of esters is 2. The maximum Gasteiger partial charge on any atom is 0.306 e. The molecule has 0 rings (SSSR count). The molecule has 0 radical (unpaired) electrons. The number of rotatable bonds is 44. The molecule has 334 valence electrons. The number of hydrogen-bond donors (Lipinski definition) is 0. The lowest BCUT2D eigenvalue weighted by atomic mass is 10.1. The van der Waals surface area contributed by atoms with E-state index in [0.29, 0.717) is 19.4 Å². The van der Waals surface area contributed by atoms with E-state index in [0.717, 1.165) is 89.9 Å². The van der Waals surface area contributed by atoms with E-state index < -0.39 is 6.10 Å². The topological polar surface area (TPSA) is 61.8 Å². The SMILES string of the molecule is CC/C=C\C/C=C\C/C=C\C/C=C\CCCCC(=O)OCC(COCCCCCCCCCCCCCC)OC(=O)CCCCCCC/C=C\C/C=C\CCCCC. The van der Waals surface area contributed by atoms with Crippen LogP contribution in [-0.4, -0.2) is 37.9 Å². The summed E-state index contributed by atoms with van der Waals surface area (Å²) in [6.07, 6.45) is 61.9. The van der Waals surface area contributed by atoms with Crippen molar-refractivity contribution in [3.63, 3.8) is 0 Å². The lowest BCUT2D eigenvalue weighted by Gasteiger charge is -2.18. The first-order chi connectivity index (χ1) is 28.6. The van der Waals surface area contributed by atoms with Crippen molar-refractivity contribution in [3.8, 4) is 0 Å². The van der Waals surface area contributed by atoms with Gasteiger partial charge in [-0.2, -0.15) is 0 Å². The highest BCUT2D eigenvalue weighted by atomic mass is 16.6. The molecule has 0 amide bonds. The van der Waals surface area contributed by atoms with Crippen LogP contribution < -0.4 is 0 Å². The van der Waals surface area contributed by atoms with E-state index in [-0.39, 0.29) is 25.2 Å². The van der Waals surface area contributed by atoms with Gasteiger partial charge in [0, 0.05) is 19.4 Å². The van der Waals surface area contributed by atoms with E-state index in [1.54, 1.807) is 0 Å². The molecule has 0 heterocycles. The van der Waals surface area contributed by atoms with E-state index in [4.69, 9.17) is 14.2 Å². The highest BCUT2D eigenvalue weighted by Crippen LogP contribution is 2.13. The van der Waals surface area contributed by atoms with Crippen molar-refractivity contribution in [1.29, 1.82) is 0 Å². The minimum atomic E-state index is -0.559. The largest absolute Gasteiger partial charge is 0.462 e. The van der Waals surface area contributed by atoms with Gasteiger partial charge in [-0.25, -0.2) is 0 Å². The van der Waals surface area contributed by atoms with E-state index in [1.807, 2.05) is 0 Å². The van der Waals surface area contributed by atoms with Gasteiger partial charge in [0.05, 0.1) is 6.61 Å². The average Bonchev–Trinajstić information content (AvgIpc) is 3.22. The zero-order valence-electron chi connectivity index (χ0n) is 38.3. The van der Waals surface area contributed by atoms with Crippen LogP contribution in [0.5, 0.6) is 0 Å². The summed E-state index contributed by atoms with van der Waals surface area (Å²) in [6.45, 7) is 7.64. The third kappa shape index (κ3) is 46.0. The number of hydrogen-bond acceptors (Lipinski definition) is 5. The molecular weight excluding hydrogens is 717 g/mol. The molecule has 1 unspecified atom stereocenters. The summed E-state index contributed by atoms with van der Waals surface area (Å²) in [5.41, 5.74) is 0. The van der Waals surface area contributed by atoms with Crippen LogP contribution >= 0.6 is 0 Å². The van der Waals surface area contributed by atoms with E-state index in [9.17, 15) is 9.59 Å². The zero-order chi connectivity index (χ0) is 42.1. The fraction of sp³-hybridized carbons (Fsp3) is 0.736. The molecule has 58 heavy (non-hydrogen) atoms. The molecule has 0 aliphatic carbocycles. The van der Waals surface area contributed by atoms with Crippen LogP contribution in [0.25, 0.3) is 0 Å². The zero-order valence-corrected chi connectivity index (χ0v) is 38.3. The number of ether oxygens (including phenoxy) is 3. The summed E-state index contributed by atoms with van der Waals surface area (Å²) in [5.74, 6) is -0.459. The molecule has 0 saturated heterocycles. The summed E-state index contributed by atoms with van der Waals surface area (Å²) < 4.78 is 17.3. The molecule has 5 heteroatoms. The molecule has 0 aromatic heterocycles. The van der Waals surface area contributed by atoms with Gasteiger partial charge in [-0.05, 0) is 89.9 Å². The Bertz CT molecular complexity index is 1050. The Morgan fingerprint density at radius 1 is 0.397 bits per heavy atom. The van der Waals surface area contributed by atoms with Crippen molar-refractivity contribution >= 4 is 11.9 Å². The molecule has 1 atom stereocenters. The standard InChI is InChI=1S/C53H92O5/c1-4-7-10-13-16-19-22-25-27-29-31-34-37-40-43-46-52(54)57-50-51(49-56-48-45-42-39-36-33-24-21-18-15-12-9-6-3)58-53(55)47-44-41-38-35-32-30-28-26-23-20-17-14-11-8-5-2/h7,10,16-17,19-20,25-28,31,34,51H,4-6,8-9,11-15,18,21-24,29-30,32-33,35-50H2,1-3H3/b10-7-,19-16-,20-17-,27-25-,28-26-,34-31-. The first-order valence-electron chi connectivity index (χ1n) is 24.5. The van der Waals surface area contributed by atoms with Crippen molar-refractivity contribution in [1.82, 2.24) is 0 Å². The van der Waals surface area contributed by atoms with Crippen LogP contribution in [0, 0.1) is 0 Å². The maximum atomic E-state index is 12.8. The molecular formula is C53H92O5. The number of unbranched alkanes of at least 4 members (excludes halogenated alkanes) is 21. The normalized spacial score (nSPS) is 12.8. The Balaban J connectivity index is 4.35. The second kappa shape index (κ2) is 48.7. The first kappa shape index (κ1) is 55.3. The van der Waals surface area contributed by atoms with Gasteiger partial charge in [0.25, 0.3) is 0 Å². The van der Waals surface area contributed by atoms with Crippen molar-refractivity contribution in [3.05, 3.63) is 72.9 Å². The summed E-state index contributed by atoms with van der Waals surface area (Å²) in [6, 6.07) is 0. The lowest BCUT2D eigenvalue weighted by molar-refractivity contribution is -0.163. The number of carbonyl (C=O) groups excluding carboxylic acids is 2. The minimum Gasteiger partial charge on any atom is -0.462 e. The number of allylic oxidation sites excluding steroid dienone is 12.